The molecule has 0 saturated heterocycles. The number of pyridine rings is 1. The standard InChI is InChI=1S/C15H13F2NO4/c1-7-2-5-9-11(13(7)22-15(16)17)18(8-3-4-8)6-10(12(9)19)14(20)21/h2,5-6,8,15H,3-4H2,1H3,(H,20,21). The van der Waals surface area contributed by atoms with Gasteiger partial charge in [0.05, 0.1) is 10.9 Å². The number of hydrogen-bond acceptors (Lipinski definition) is 3. The molecule has 1 fully saturated rings. The second-order valence-corrected chi connectivity index (χ2v) is 5.30. The van der Waals surface area contributed by atoms with Crippen LogP contribution in [0.2, 0.25) is 0 Å². The predicted molar refractivity (Wildman–Crippen MR) is 74.8 cm³/mol. The van der Waals surface area contributed by atoms with Crippen LogP contribution in [0.25, 0.3) is 10.9 Å². The summed E-state index contributed by atoms with van der Waals surface area (Å²) in [5, 5.41) is 9.23. The number of carboxylic acid groups (broad SMARTS) is 1. The maximum atomic E-state index is 12.7. The van der Waals surface area contributed by atoms with Crippen LogP contribution in [0, 0.1) is 6.92 Å². The normalized spacial score (nSPS) is 14.5. The van der Waals surface area contributed by atoms with Crippen LogP contribution in [0.1, 0.15) is 34.8 Å². The molecule has 3 rings (SSSR count). The second kappa shape index (κ2) is 5.08. The largest absolute Gasteiger partial charge is 0.477 e. The third-order valence-electron chi connectivity index (χ3n) is 3.72. The zero-order chi connectivity index (χ0) is 16.0. The molecule has 7 heteroatoms. The molecular weight excluding hydrogens is 296 g/mol. The molecule has 0 spiro atoms. The lowest BCUT2D eigenvalue weighted by atomic mass is 10.1. The molecular formula is C15H13F2NO4. The maximum Gasteiger partial charge on any atom is 0.387 e. The first-order chi connectivity index (χ1) is 10.4. The smallest absolute Gasteiger partial charge is 0.387 e. The molecule has 22 heavy (non-hydrogen) atoms. The molecule has 1 heterocycles. The minimum absolute atomic E-state index is 0.00280. The molecule has 5 nitrogen and oxygen atoms in total. The van der Waals surface area contributed by atoms with Crippen molar-refractivity contribution in [3.63, 3.8) is 0 Å². The Kier molecular flexibility index (Phi) is 3.35. The predicted octanol–water partition coefficient (Wildman–Crippen LogP) is 2.94. The van der Waals surface area contributed by atoms with Gasteiger partial charge >= 0.3 is 12.6 Å². The van der Waals surface area contributed by atoms with E-state index in [1.54, 1.807) is 11.5 Å². The summed E-state index contributed by atoms with van der Waals surface area (Å²) in [5.74, 6) is -1.41. The number of aromatic carboxylic acids is 1. The second-order valence-electron chi connectivity index (χ2n) is 5.30. The van der Waals surface area contributed by atoms with Gasteiger partial charge in [-0.15, -0.1) is 0 Å². The molecule has 1 saturated carbocycles. The maximum absolute atomic E-state index is 12.7. The molecule has 2 aromatic rings. The number of hydrogen-bond donors (Lipinski definition) is 1. The summed E-state index contributed by atoms with van der Waals surface area (Å²) in [4.78, 5) is 23.5. The van der Waals surface area contributed by atoms with Gasteiger partial charge in [-0.2, -0.15) is 8.78 Å². The van der Waals surface area contributed by atoms with Gasteiger partial charge in [0.1, 0.15) is 5.56 Å². The van der Waals surface area contributed by atoms with Crippen LogP contribution in [0.15, 0.2) is 23.1 Å². The van der Waals surface area contributed by atoms with Gasteiger partial charge in [-0.1, -0.05) is 6.07 Å². The molecule has 0 amide bonds. The monoisotopic (exact) mass is 309 g/mol. The van der Waals surface area contributed by atoms with Gasteiger partial charge in [-0.3, -0.25) is 4.79 Å². The van der Waals surface area contributed by atoms with E-state index in [0.29, 0.717) is 5.56 Å². The quantitative estimate of drug-likeness (QED) is 0.943. The first-order valence-electron chi connectivity index (χ1n) is 6.76. The summed E-state index contributed by atoms with van der Waals surface area (Å²) in [6, 6.07) is 2.93. The number of benzene rings is 1. The van der Waals surface area contributed by atoms with Crippen molar-refractivity contribution in [3.05, 3.63) is 39.7 Å². The molecule has 1 aromatic carbocycles. The van der Waals surface area contributed by atoms with Crippen molar-refractivity contribution < 1.29 is 23.4 Å². The molecule has 0 unspecified atom stereocenters. The fourth-order valence-electron chi connectivity index (χ4n) is 2.55. The van der Waals surface area contributed by atoms with Crippen molar-refractivity contribution in [1.82, 2.24) is 4.57 Å². The van der Waals surface area contributed by atoms with Crippen molar-refractivity contribution in [2.45, 2.75) is 32.4 Å². The lowest BCUT2D eigenvalue weighted by Crippen LogP contribution is -2.19. The van der Waals surface area contributed by atoms with E-state index in [0.717, 1.165) is 12.8 Å². The molecule has 0 bridgehead atoms. The van der Waals surface area contributed by atoms with Gasteiger partial charge in [0.25, 0.3) is 0 Å². The number of alkyl halides is 2. The summed E-state index contributed by atoms with van der Waals surface area (Å²) < 4.78 is 31.5. The van der Waals surface area contributed by atoms with Gasteiger partial charge in [0.2, 0.25) is 5.43 Å². The highest BCUT2D eigenvalue weighted by Gasteiger charge is 2.29. The van der Waals surface area contributed by atoms with Crippen LogP contribution in [-0.4, -0.2) is 22.3 Å². The Hall–Kier alpha value is -2.44. The number of fused-ring (bicyclic) bond motifs is 1. The van der Waals surface area contributed by atoms with E-state index in [1.807, 2.05) is 0 Å². The van der Waals surface area contributed by atoms with E-state index in [9.17, 15) is 18.4 Å². The van der Waals surface area contributed by atoms with Crippen molar-refractivity contribution in [3.8, 4) is 5.75 Å². The van der Waals surface area contributed by atoms with Crippen molar-refractivity contribution >= 4 is 16.9 Å². The fraction of sp³-hybridized carbons (Fsp3) is 0.333. The molecule has 1 aromatic heterocycles. The van der Waals surface area contributed by atoms with Gasteiger partial charge in [-0.05, 0) is 31.4 Å². The average molecular weight is 309 g/mol. The number of nitrogens with zero attached hydrogens (tertiary/aromatic N) is 1. The van der Waals surface area contributed by atoms with Crippen LogP contribution in [0.3, 0.4) is 0 Å². The van der Waals surface area contributed by atoms with Crippen LogP contribution < -0.4 is 10.2 Å². The molecule has 1 N–H and O–H groups in total. The number of halogens is 2. The van der Waals surface area contributed by atoms with E-state index >= 15 is 0 Å². The molecule has 0 atom stereocenters. The summed E-state index contributed by atoms with van der Waals surface area (Å²) in [5.41, 5.74) is -0.368. The molecule has 0 radical (unpaired) electrons. The van der Waals surface area contributed by atoms with Crippen LogP contribution >= 0.6 is 0 Å². The van der Waals surface area contributed by atoms with E-state index in [4.69, 9.17) is 5.11 Å². The Morgan fingerprint density at radius 2 is 2.09 bits per heavy atom. The topological polar surface area (TPSA) is 68.5 Å². The van der Waals surface area contributed by atoms with E-state index in [-0.39, 0.29) is 28.3 Å². The minimum Gasteiger partial charge on any atom is -0.477 e. The third kappa shape index (κ3) is 2.32. The minimum atomic E-state index is -3.02. The first-order valence-corrected chi connectivity index (χ1v) is 6.76. The molecule has 1 aliphatic carbocycles. The van der Waals surface area contributed by atoms with Crippen LogP contribution in [0.4, 0.5) is 8.78 Å². The Labute approximate surface area is 123 Å². The lowest BCUT2D eigenvalue weighted by molar-refractivity contribution is -0.0494. The Bertz CT molecular complexity index is 824. The Morgan fingerprint density at radius 3 is 2.64 bits per heavy atom. The highest BCUT2D eigenvalue weighted by Crippen LogP contribution is 2.40. The number of aryl methyl sites for hydroxylation is 1. The zero-order valence-corrected chi connectivity index (χ0v) is 11.7. The van der Waals surface area contributed by atoms with E-state index in [2.05, 4.69) is 4.74 Å². The lowest BCUT2D eigenvalue weighted by Gasteiger charge is -2.17. The van der Waals surface area contributed by atoms with Gasteiger partial charge in [0.15, 0.2) is 5.75 Å². The number of rotatable bonds is 4. The van der Waals surface area contributed by atoms with Gasteiger partial charge in [-0.25, -0.2) is 4.79 Å². The highest BCUT2D eigenvalue weighted by molar-refractivity contribution is 5.94. The highest BCUT2D eigenvalue weighted by atomic mass is 19.3. The number of carbonyl (C=O) groups is 1. The SMILES string of the molecule is Cc1ccc2c(=O)c(C(=O)O)cn(C3CC3)c2c1OC(F)F. The zero-order valence-electron chi connectivity index (χ0n) is 11.7. The number of ether oxygens (including phenoxy) is 1. The van der Waals surface area contributed by atoms with Crippen molar-refractivity contribution in [2.75, 3.05) is 0 Å². The Balaban J connectivity index is 2.41. The average Bonchev–Trinajstić information content (AvgIpc) is 3.26. The summed E-state index contributed by atoms with van der Waals surface area (Å²) in [7, 11) is 0. The first kappa shape index (κ1) is 14.5. The van der Waals surface area contributed by atoms with Crippen LogP contribution in [0.5, 0.6) is 5.75 Å². The van der Waals surface area contributed by atoms with E-state index in [1.165, 1.54) is 18.3 Å². The third-order valence-corrected chi connectivity index (χ3v) is 3.72. The fourth-order valence-corrected chi connectivity index (χ4v) is 2.55. The van der Waals surface area contributed by atoms with E-state index < -0.39 is 18.0 Å². The molecule has 116 valence electrons. The molecule has 0 aliphatic heterocycles. The Morgan fingerprint density at radius 1 is 1.41 bits per heavy atom. The summed E-state index contributed by atoms with van der Waals surface area (Å²) in [6.07, 6.45) is 2.83. The van der Waals surface area contributed by atoms with Gasteiger partial charge < -0.3 is 14.4 Å². The summed E-state index contributed by atoms with van der Waals surface area (Å²) in [6.45, 7) is -1.42. The number of carboxylic acids is 1. The van der Waals surface area contributed by atoms with Crippen molar-refractivity contribution in [2.24, 2.45) is 0 Å². The number of aromatic nitrogens is 1. The van der Waals surface area contributed by atoms with Gasteiger partial charge in [0, 0.05) is 12.2 Å². The van der Waals surface area contributed by atoms with Crippen LogP contribution in [-0.2, 0) is 0 Å². The van der Waals surface area contributed by atoms with Crippen molar-refractivity contribution in [1.29, 1.82) is 0 Å². The molecule has 1 aliphatic rings. The summed E-state index contributed by atoms with van der Waals surface area (Å²) >= 11 is 0.